The van der Waals surface area contributed by atoms with Gasteiger partial charge < -0.3 is 14.0 Å². The highest BCUT2D eigenvalue weighted by Gasteiger charge is 2.30. The molecule has 1 N–H and O–H groups in total. The van der Waals surface area contributed by atoms with E-state index in [1.54, 1.807) is 51.1 Å². The monoisotopic (exact) mass is 454 g/mol. The summed E-state index contributed by atoms with van der Waals surface area (Å²) in [7, 11) is -3.95. The molecule has 31 heavy (non-hydrogen) atoms. The van der Waals surface area contributed by atoms with Crippen molar-refractivity contribution in [2.75, 3.05) is 13.1 Å². The van der Waals surface area contributed by atoms with E-state index in [4.69, 9.17) is 18.5 Å². The number of benzene rings is 1. The van der Waals surface area contributed by atoms with Gasteiger partial charge in [0.1, 0.15) is 12.0 Å². The average molecular weight is 454 g/mol. The van der Waals surface area contributed by atoms with Crippen LogP contribution in [-0.2, 0) is 23.4 Å². The van der Waals surface area contributed by atoms with Gasteiger partial charge in [-0.15, -0.1) is 0 Å². The summed E-state index contributed by atoms with van der Waals surface area (Å²) in [6.45, 7) is 7.48. The smallest absolute Gasteiger partial charge is 0.407 e. The molecule has 170 valence electrons. The van der Waals surface area contributed by atoms with E-state index in [1.807, 2.05) is 0 Å². The lowest BCUT2D eigenvalue weighted by Gasteiger charge is -2.23. The van der Waals surface area contributed by atoms with Crippen molar-refractivity contribution in [2.45, 2.75) is 40.8 Å². The number of hydrogen-bond acceptors (Lipinski definition) is 8. The quantitative estimate of drug-likeness (QED) is 0.348. The van der Waals surface area contributed by atoms with Gasteiger partial charge in [-0.2, -0.15) is 0 Å². The van der Waals surface area contributed by atoms with E-state index in [-0.39, 0.29) is 5.75 Å². The summed E-state index contributed by atoms with van der Waals surface area (Å²) < 4.78 is 35.7. The molecule has 0 amide bonds. The summed E-state index contributed by atoms with van der Waals surface area (Å²) in [4.78, 5) is 37.7. The third-order valence-electron chi connectivity index (χ3n) is 4.05. The highest BCUT2D eigenvalue weighted by atomic mass is 31.2. The van der Waals surface area contributed by atoms with Crippen molar-refractivity contribution >= 4 is 13.6 Å². The van der Waals surface area contributed by atoms with Gasteiger partial charge in [-0.05, 0) is 46.8 Å². The van der Waals surface area contributed by atoms with Crippen molar-refractivity contribution in [3.05, 3.63) is 62.9 Å². The van der Waals surface area contributed by atoms with E-state index in [2.05, 4.69) is 4.98 Å². The van der Waals surface area contributed by atoms with E-state index in [0.717, 1.165) is 4.57 Å². The van der Waals surface area contributed by atoms with Crippen molar-refractivity contribution in [3.63, 3.8) is 0 Å². The molecule has 0 bridgehead atoms. The summed E-state index contributed by atoms with van der Waals surface area (Å²) in [5.41, 5.74) is -1.64. The topological polar surface area (TPSA) is 126 Å². The number of rotatable bonds is 9. The van der Waals surface area contributed by atoms with Crippen molar-refractivity contribution in [2.24, 2.45) is 5.41 Å². The van der Waals surface area contributed by atoms with E-state index in [9.17, 15) is 18.9 Å². The van der Waals surface area contributed by atoms with Gasteiger partial charge >= 0.3 is 19.3 Å². The molecule has 0 radical (unpaired) electrons. The predicted octanol–water partition coefficient (Wildman–Crippen LogP) is 3.17. The summed E-state index contributed by atoms with van der Waals surface area (Å²) in [5.74, 6) is -0.274. The minimum absolute atomic E-state index is 0.265. The molecule has 0 spiro atoms. The third-order valence-corrected chi connectivity index (χ3v) is 5.50. The molecule has 1 heterocycles. The molecule has 2 rings (SSSR count). The number of aromatic amines is 1. The first-order valence-corrected chi connectivity index (χ1v) is 11.2. The second-order valence-corrected chi connectivity index (χ2v) is 9.74. The van der Waals surface area contributed by atoms with Gasteiger partial charge in [0.05, 0.1) is 5.41 Å². The largest absolute Gasteiger partial charge is 0.438 e. The van der Waals surface area contributed by atoms with E-state index >= 15 is 0 Å². The van der Waals surface area contributed by atoms with Crippen molar-refractivity contribution in [3.8, 4) is 5.75 Å². The number of nitrogens with zero attached hydrogens (tertiary/aromatic N) is 1. The number of carbonyl (C=O) groups excluding carboxylic acids is 1. The maximum Gasteiger partial charge on any atom is 0.407 e. The number of H-pyrrole nitrogens is 1. The number of esters is 1. The van der Waals surface area contributed by atoms with Gasteiger partial charge in [0.25, 0.3) is 5.56 Å². The van der Waals surface area contributed by atoms with Crippen LogP contribution < -0.4 is 15.8 Å². The Morgan fingerprint density at radius 1 is 1.19 bits per heavy atom. The Balaban J connectivity index is 2.13. The van der Waals surface area contributed by atoms with Crippen LogP contribution in [0.15, 0.2) is 46.1 Å². The fraction of sp³-hybridized carbons (Fsp3) is 0.450. The highest BCUT2D eigenvalue weighted by molar-refractivity contribution is 7.54. The van der Waals surface area contributed by atoms with Crippen LogP contribution in [0.2, 0.25) is 0 Å². The third kappa shape index (κ3) is 7.20. The molecule has 0 fully saturated rings. The minimum atomic E-state index is -3.95. The zero-order valence-corrected chi connectivity index (χ0v) is 19.0. The van der Waals surface area contributed by atoms with E-state index in [1.165, 1.54) is 20.0 Å². The Hall–Kier alpha value is -2.68. The zero-order valence-electron chi connectivity index (χ0n) is 18.1. The lowest BCUT2D eigenvalue weighted by molar-refractivity contribution is -0.160. The first-order valence-electron chi connectivity index (χ1n) is 9.50. The molecule has 0 aliphatic rings. The number of ether oxygens (including phenoxy) is 2. The summed E-state index contributed by atoms with van der Waals surface area (Å²) in [5, 5.41) is 0. The molecule has 11 heteroatoms. The van der Waals surface area contributed by atoms with Crippen molar-refractivity contribution < 1.29 is 27.9 Å². The second-order valence-electron chi connectivity index (χ2n) is 7.82. The van der Waals surface area contributed by atoms with Crippen LogP contribution in [0.1, 0.15) is 39.5 Å². The standard InChI is InChI=1S/C20H27N2O8P/c1-14-11-22(19(25)21-17(14)23)15(2)28-13-31(26,30-16-9-7-6-8-10-16)29-12-27-18(24)20(3,4)5/h6-11,15H,12-13H2,1-5H3,(H,21,23,25). The van der Waals surface area contributed by atoms with Crippen LogP contribution in [0, 0.1) is 12.3 Å². The Morgan fingerprint density at radius 3 is 2.45 bits per heavy atom. The highest BCUT2D eigenvalue weighted by Crippen LogP contribution is 2.49. The number of hydrogen-bond donors (Lipinski definition) is 1. The second kappa shape index (κ2) is 10.1. The first kappa shape index (κ1) is 24.6. The summed E-state index contributed by atoms with van der Waals surface area (Å²) in [6, 6.07) is 8.29. The van der Waals surface area contributed by atoms with Gasteiger partial charge in [-0.25, -0.2) is 9.36 Å². The van der Waals surface area contributed by atoms with Crippen LogP contribution in [0.3, 0.4) is 0 Å². The molecule has 0 aliphatic heterocycles. The molecular weight excluding hydrogens is 427 g/mol. The van der Waals surface area contributed by atoms with Crippen molar-refractivity contribution in [1.29, 1.82) is 0 Å². The van der Waals surface area contributed by atoms with Crippen LogP contribution >= 0.6 is 7.60 Å². The Labute approximate surface area is 179 Å². The molecule has 0 aliphatic carbocycles. The maximum absolute atomic E-state index is 13.2. The lowest BCUT2D eigenvalue weighted by atomic mass is 9.98. The average Bonchev–Trinajstić information content (AvgIpc) is 2.69. The van der Waals surface area contributed by atoms with Crippen LogP contribution in [0.5, 0.6) is 5.75 Å². The molecule has 2 unspecified atom stereocenters. The number of nitrogens with one attached hydrogen (secondary N) is 1. The minimum Gasteiger partial charge on any atom is -0.438 e. The Kier molecular flexibility index (Phi) is 8.00. The van der Waals surface area contributed by atoms with Gasteiger partial charge in [0.15, 0.2) is 6.35 Å². The van der Waals surface area contributed by atoms with Gasteiger partial charge in [-0.3, -0.25) is 23.7 Å². The van der Waals surface area contributed by atoms with Crippen LogP contribution in [0.4, 0.5) is 0 Å². The molecule has 0 saturated carbocycles. The lowest BCUT2D eigenvalue weighted by Crippen LogP contribution is -2.33. The number of carbonyl (C=O) groups is 1. The number of aromatic nitrogens is 2. The summed E-state index contributed by atoms with van der Waals surface area (Å²) >= 11 is 0. The molecule has 2 aromatic rings. The summed E-state index contributed by atoms with van der Waals surface area (Å²) in [6.07, 6.45) is -0.0990. The normalized spacial score (nSPS) is 14.5. The predicted molar refractivity (Wildman–Crippen MR) is 113 cm³/mol. The van der Waals surface area contributed by atoms with Gasteiger partial charge in [-0.1, -0.05) is 18.2 Å². The van der Waals surface area contributed by atoms with Crippen LogP contribution in [-0.4, -0.2) is 28.7 Å². The fourth-order valence-electron chi connectivity index (χ4n) is 2.24. The van der Waals surface area contributed by atoms with E-state index < -0.39 is 49.6 Å². The van der Waals surface area contributed by atoms with Crippen LogP contribution in [0.25, 0.3) is 0 Å². The molecule has 10 nitrogen and oxygen atoms in total. The van der Waals surface area contributed by atoms with Gasteiger partial charge in [0.2, 0.25) is 6.79 Å². The Morgan fingerprint density at radius 2 is 1.84 bits per heavy atom. The SMILES string of the molecule is Cc1cn(C(C)OCP(=O)(OCOC(=O)C(C)(C)C)Oc2ccccc2)c(=O)[nH]c1=O. The maximum atomic E-state index is 13.2. The Bertz CT molecular complexity index is 1060. The molecular formula is C20H27N2O8P. The molecule has 0 saturated heterocycles. The molecule has 1 aromatic heterocycles. The zero-order chi connectivity index (χ0) is 23.2. The fourth-order valence-corrected chi connectivity index (χ4v) is 3.48. The molecule has 1 aromatic carbocycles. The van der Waals surface area contributed by atoms with E-state index in [0.29, 0.717) is 5.56 Å². The van der Waals surface area contributed by atoms with Crippen molar-refractivity contribution in [1.82, 2.24) is 9.55 Å². The number of para-hydroxylation sites is 1. The molecule has 2 atom stereocenters. The first-order chi connectivity index (χ1) is 14.4. The number of aryl methyl sites for hydroxylation is 1. The van der Waals surface area contributed by atoms with Gasteiger partial charge in [0, 0.05) is 11.8 Å².